The first-order valence-corrected chi connectivity index (χ1v) is 6.46. The number of rotatable bonds is 5. The predicted molar refractivity (Wildman–Crippen MR) is 76.6 cm³/mol. The van der Waals surface area contributed by atoms with Crippen LogP contribution in [0.5, 0.6) is 11.5 Å². The molecule has 0 aliphatic carbocycles. The summed E-state index contributed by atoms with van der Waals surface area (Å²) in [5, 5.41) is 0.0914. The number of methoxy groups -OCH3 is 1. The molecule has 0 aliphatic heterocycles. The average Bonchev–Trinajstić information content (AvgIpc) is 2.48. The van der Waals surface area contributed by atoms with Crippen molar-refractivity contribution in [3.05, 3.63) is 58.4 Å². The van der Waals surface area contributed by atoms with Crippen LogP contribution < -0.4 is 15.2 Å². The van der Waals surface area contributed by atoms with E-state index in [0.29, 0.717) is 23.6 Å². The lowest BCUT2D eigenvalue weighted by atomic mass is 10.2. The van der Waals surface area contributed by atoms with E-state index in [0.717, 1.165) is 5.56 Å². The smallest absolute Gasteiger partial charge is 0.166 e. The van der Waals surface area contributed by atoms with Gasteiger partial charge in [0.25, 0.3) is 0 Å². The van der Waals surface area contributed by atoms with E-state index in [1.165, 1.54) is 12.1 Å². The van der Waals surface area contributed by atoms with E-state index in [2.05, 4.69) is 0 Å². The second-order valence-electron chi connectivity index (χ2n) is 4.19. The highest BCUT2D eigenvalue weighted by molar-refractivity contribution is 6.30. The van der Waals surface area contributed by atoms with Gasteiger partial charge in [0.2, 0.25) is 0 Å². The van der Waals surface area contributed by atoms with Crippen molar-refractivity contribution in [2.75, 3.05) is 7.11 Å². The summed E-state index contributed by atoms with van der Waals surface area (Å²) in [6.45, 7) is 0.545. The van der Waals surface area contributed by atoms with Gasteiger partial charge in [-0.3, -0.25) is 0 Å². The summed E-state index contributed by atoms with van der Waals surface area (Å²) < 4.78 is 24.3. The Bertz CT molecular complexity index is 582. The number of hydrogen-bond acceptors (Lipinski definition) is 3. The van der Waals surface area contributed by atoms with Gasteiger partial charge in [0.1, 0.15) is 12.4 Å². The number of halogens is 2. The molecule has 0 fully saturated rings. The highest BCUT2D eigenvalue weighted by Gasteiger charge is 2.10. The third-order valence-electron chi connectivity index (χ3n) is 2.87. The predicted octanol–water partition coefficient (Wildman–Crippen LogP) is 3.53. The Labute approximate surface area is 122 Å². The first kappa shape index (κ1) is 14.6. The summed E-state index contributed by atoms with van der Waals surface area (Å²) in [5.41, 5.74) is 7.19. The second kappa shape index (κ2) is 6.59. The molecule has 0 saturated heterocycles. The summed E-state index contributed by atoms with van der Waals surface area (Å²) in [6, 6.07) is 10.1. The van der Waals surface area contributed by atoms with Gasteiger partial charge >= 0.3 is 0 Å². The van der Waals surface area contributed by atoms with Crippen LogP contribution in [0.4, 0.5) is 4.39 Å². The second-order valence-corrected chi connectivity index (χ2v) is 4.60. The van der Waals surface area contributed by atoms with E-state index in [-0.39, 0.29) is 11.6 Å². The summed E-state index contributed by atoms with van der Waals surface area (Å²) in [6.07, 6.45) is 0. The van der Waals surface area contributed by atoms with Crippen molar-refractivity contribution in [2.45, 2.75) is 13.2 Å². The normalized spacial score (nSPS) is 10.4. The summed E-state index contributed by atoms with van der Waals surface area (Å²) >= 11 is 5.64. The van der Waals surface area contributed by atoms with Gasteiger partial charge in [0, 0.05) is 12.1 Å². The monoisotopic (exact) mass is 295 g/mol. The minimum atomic E-state index is -0.466. The van der Waals surface area contributed by atoms with Crippen molar-refractivity contribution in [1.29, 1.82) is 0 Å². The number of benzene rings is 2. The van der Waals surface area contributed by atoms with Crippen LogP contribution in [0.25, 0.3) is 0 Å². The SMILES string of the molecule is COc1cccc(CN)c1OCc1ccc(Cl)c(F)c1. The molecule has 0 radical (unpaired) electrons. The van der Waals surface area contributed by atoms with Crippen LogP contribution in [-0.2, 0) is 13.2 Å². The van der Waals surface area contributed by atoms with Crippen molar-refractivity contribution in [3.63, 3.8) is 0 Å². The summed E-state index contributed by atoms with van der Waals surface area (Å²) in [5.74, 6) is 0.710. The van der Waals surface area contributed by atoms with Crippen molar-refractivity contribution in [1.82, 2.24) is 0 Å². The molecule has 0 aliphatic rings. The van der Waals surface area contributed by atoms with Gasteiger partial charge in [-0.1, -0.05) is 29.8 Å². The Morgan fingerprint density at radius 3 is 2.70 bits per heavy atom. The van der Waals surface area contributed by atoms with Crippen LogP contribution in [0.2, 0.25) is 5.02 Å². The Morgan fingerprint density at radius 1 is 1.25 bits per heavy atom. The molecular formula is C15H15ClFNO2. The van der Waals surface area contributed by atoms with E-state index in [9.17, 15) is 4.39 Å². The van der Waals surface area contributed by atoms with Crippen molar-refractivity contribution >= 4 is 11.6 Å². The maximum Gasteiger partial charge on any atom is 0.166 e. The molecule has 0 amide bonds. The van der Waals surface area contributed by atoms with Crippen LogP contribution >= 0.6 is 11.6 Å². The average molecular weight is 296 g/mol. The van der Waals surface area contributed by atoms with Crippen molar-refractivity contribution in [3.8, 4) is 11.5 Å². The molecule has 106 valence electrons. The van der Waals surface area contributed by atoms with E-state index < -0.39 is 5.82 Å². The minimum absolute atomic E-state index is 0.0914. The zero-order valence-electron chi connectivity index (χ0n) is 11.0. The fourth-order valence-corrected chi connectivity index (χ4v) is 1.95. The van der Waals surface area contributed by atoms with Crippen LogP contribution in [0.3, 0.4) is 0 Å². The number of ether oxygens (including phenoxy) is 2. The van der Waals surface area contributed by atoms with Crippen LogP contribution in [0, 0.1) is 5.82 Å². The highest BCUT2D eigenvalue weighted by Crippen LogP contribution is 2.31. The zero-order valence-corrected chi connectivity index (χ0v) is 11.8. The maximum atomic E-state index is 13.4. The van der Waals surface area contributed by atoms with Gasteiger partial charge in [-0.25, -0.2) is 4.39 Å². The molecule has 2 aromatic rings. The summed E-state index contributed by atoms with van der Waals surface area (Å²) in [4.78, 5) is 0. The lowest BCUT2D eigenvalue weighted by Gasteiger charge is -2.14. The van der Waals surface area contributed by atoms with Gasteiger partial charge in [0.05, 0.1) is 12.1 Å². The van der Waals surface area contributed by atoms with Gasteiger partial charge in [-0.05, 0) is 23.8 Å². The van der Waals surface area contributed by atoms with Gasteiger partial charge in [-0.15, -0.1) is 0 Å². The molecule has 0 bridgehead atoms. The van der Waals surface area contributed by atoms with Gasteiger partial charge < -0.3 is 15.2 Å². The lowest BCUT2D eigenvalue weighted by Crippen LogP contribution is -2.04. The standard InChI is InChI=1S/C15H15ClFNO2/c1-19-14-4-2-3-11(8-18)15(14)20-9-10-5-6-12(16)13(17)7-10/h2-7H,8-9,18H2,1H3. The van der Waals surface area contributed by atoms with E-state index in [1.54, 1.807) is 19.2 Å². The van der Waals surface area contributed by atoms with Crippen LogP contribution in [0.15, 0.2) is 36.4 Å². The maximum absolute atomic E-state index is 13.4. The molecule has 20 heavy (non-hydrogen) atoms. The number of nitrogens with two attached hydrogens (primary N) is 1. The third-order valence-corrected chi connectivity index (χ3v) is 3.17. The molecule has 2 N–H and O–H groups in total. The molecule has 0 heterocycles. The topological polar surface area (TPSA) is 44.5 Å². The molecule has 2 aromatic carbocycles. The Kier molecular flexibility index (Phi) is 4.82. The largest absolute Gasteiger partial charge is 0.493 e. The van der Waals surface area contributed by atoms with Gasteiger partial charge in [0.15, 0.2) is 11.5 Å². The molecule has 0 atom stereocenters. The lowest BCUT2D eigenvalue weighted by molar-refractivity contribution is 0.281. The zero-order chi connectivity index (χ0) is 14.5. The third kappa shape index (κ3) is 3.21. The Hall–Kier alpha value is -1.78. The molecule has 3 nitrogen and oxygen atoms in total. The Morgan fingerprint density at radius 2 is 2.05 bits per heavy atom. The first-order chi connectivity index (χ1) is 9.65. The van der Waals surface area contributed by atoms with Crippen molar-refractivity contribution in [2.24, 2.45) is 5.73 Å². The minimum Gasteiger partial charge on any atom is -0.493 e. The first-order valence-electron chi connectivity index (χ1n) is 6.08. The molecule has 0 unspecified atom stereocenters. The van der Waals surface area contributed by atoms with Gasteiger partial charge in [-0.2, -0.15) is 0 Å². The molecule has 0 spiro atoms. The molecule has 0 aromatic heterocycles. The van der Waals surface area contributed by atoms with E-state index >= 15 is 0 Å². The highest BCUT2D eigenvalue weighted by atomic mass is 35.5. The quantitative estimate of drug-likeness (QED) is 0.918. The summed E-state index contributed by atoms with van der Waals surface area (Å²) in [7, 11) is 1.56. The van der Waals surface area contributed by atoms with Crippen molar-refractivity contribution < 1.29 is 13.9 Å². The van der Waals surface area contributed by atoms with Crippen LogP contribution in [-0.4, -0.2) is 7.11 Å². The fraction of sp³-hybridized carbons (Fsp3) is 0.200. The number of para-hydroxylation sites is 1. The van der Waals surface area contributed by atoms with Crippen LogP contribution in [0.1, 0.15) is 11.1 Å². The molecule has 0 saturated carbocycles. The van der Waals surface area contributed by atoms with E-state index in [4.69, 9.17) is 26.8 Å². The fourth-order valence-electron chi connectivity index (χ4n) is 1.83. The Balaban J connectivity index is 2.19. The number of hydrogen-bond donors (Lipinski definition) is 1. The molecule has 5 heteroatoms. The molecular weight excluding hydrogens is 281 g/mol. The molecule has 2 rings (SSSR count). The van der Waals surface area contributed by atoms with E-state index in [1.807, 2.05) is 12.1 Å².